The van der Waals surface area contributed by atoms with Gasteiger partial charge in [0.2, 0.25) is 5.91 Å². The van der Waals surface area contributed by atoms with Crippen molar-refractivity contribution in [2.75, 3.05) is 0 Å². The zero-order valence-electron chi connectivity index (χ0n) is 9.37. The molecule has 0 saturated carbocycles. The second-order valence-corrected chi connectivity index (χ2v) is 5.09. The van der Waals surface area contributed by atoms with Gasteiger partial charge in [-0.15, -0.1) is 11.8 Å². The second kappa shape index (κ2) is 6.56. The van der Waals surface area contributed by atoms with E-state index in [2.05, 4.69) is 0 Å². The summed E-state index contributed by atoms with van der Waals surface area (Å²) in [6, 6.07) is 3.32. The third-order valence-corrected chi connectivity index (χ3v) is 3.37. The zero-order chi connectivity index (χ0) is 12.8. The number of hydrogen-bond acceptors (Lipinski definition) is 3. The van der Waals surface area contributed by atoms with Crippen LogP contribution in [0.2, 0.25) is 0 Å². The summed E-state index contributed by atoms with van der Waals surface area (Å²) in [6.45, 7) is 1.85. The van der Waals surface area contributed by atoms with Crippen LogP contribution in [0, 0.1) is 11.6 Å². The van der Waals surface area contributed by atoms with Crippen molar-refractivity contribution in [1.82, 2.24) is 5.43 Å². The van der Waals surface area contributed by atoms with Gasteiger partial charge in [-0.25, -0.2) is 14.6 Å². The standard InChI is InChI=1S/C11H14F2N2OS/c1-7(2-5-11(16)15-14)17-10-6-8(12)3-4-9(10)13/h3-4,6-7H,2,5,14H2,1H3,(H,15,16). The number of hydrogen-bond donors (Lipinski definition) is 2. The first-order valence-corrected chi connectivity index (χ1v) is 6.02. The Hall–Kier alpha value is -1.14. The summed E-state index contributed by atoms with van der Waals surface area (Å²) < 4.78 is 26.2. The van der Waals surface area contributed by atoms with E-state index in [1.165, 1.54) is 11.8 Å². The van der Waals surface area contributed by atoms with Crippen molar-refractivity contribution in [2.24, 2.45) is 5.84 Å². The van der Waals surface area contributed by atoms with Crippen LogP contribution in [0.1, 0.15) is 19.8 Å². The normalized spacial score (nSPS) is 12.2. The Bertz CT molecular complexity index is 401. The van der Waals surface area contributed by atoms with Crippen LogP contribution in [0.3, 0.4) is 0 Å². The molecule has 1 atom stereocenters. The Morgan fingerprint density at radius 2 is 2.24 bits per heavy atom. The molecule has 0 aliphatic rings. The quantitative estimate of drug-likeness (QED) is 0.369. The lowest BCUT2D eigenvalue weighted by atomic mass is 10.2. The van der Waals surface area contributed by atoms with E-state index in [0.717, 1.165) is 18.2 Å². The molecule has 1 aromatic rings. The number of amides is 1. The van der Waals surface area contributed by atoms with Crippen LogP contribution in [0.15, 0.2) is 23.1 Å². The van der Waals surface area contributed by atoms with E-state index >= 15 is 0 Å². The number of nitrogens with one attached hydrogen (secondary N) is 1. The summed E-state index contributed by atoms with van der Waals surface area (Å²) in [5.74, 6) is 3.75. The topological polar surface area (TPSA) is 55.1 Å². The van der Waals surface area contributed by atoms with Crippen LogP contribution < -0.4 is 11.3 Å². The minimum Gasteiger partial charge on any atom is -0.294 e. The van der Waals surface area contributed by atoms with Gasteiger partial charge in [0, 0.05) is 16.6 Å². The first-order valence-electron chi connectivity index (χ1n) is 5.14. The molecule has 1 unspecified atom stereocenters. The summed E-state index contributed by atoms with van der Waals surface area (Å²) in [4.78, 5) is 11.2. The number of carbonyl (C=O) groups is 1. The fourth-order valence-corrected chi connectivity index (χ4v) is 2.28. The Morgan fingerprint density at radius 1 is 1.53 bits per heavy atom. The lowest BCUT2D eigenvalue weighted by molar-refractivity contribution is -0.121. The molecule has 94 valence electrons. The molecule has 1 rings (SSSR count). The summed E-state index contributed by atoms with van der Waals surface area (Å²) >= 11 is 1.20. The molecule has 0 bridgehead atoms. The fraction of sp³-hybridized carbons (Fsp3) is 0.364. The van der Waals surface area contributed by atoms with Crippen molar-refractivity contribution in [2.45, 2.75) is 29.9 Å². The Balaban J connectivity index is 2.52. The van der Waals surface area contributed by atoms with Crippen molar-refractivity contribution >= 4 is 17.7 Å². The third-order valence-electron chi connectivity index (χ3n) is 2.16. The van der Waals surface area contributed by atoms with Gasteiger partial charge in [0.25, 0.3) is 0 Å². The average molecular weight is 260 g/mol. The summed E-state index contributed by atoms with van der Waals surface area (Å²) in [6.07, 6.45) is 0.811. The van der Waals surface area contributed by atoms with Gasteiger partial charge < -0.3 is 0 Å². The number of nitrogens with two attached hydrogens (primary N) is 1. The highest BCUT2D eigenvalue weighted by Gasteiger charge is 2.11. The van der Waals surface area contributed by atoms with E-state index in [1.807, 2.05) is 12.3 Å². The van der Waals surface area contributed by atoms with Crippen molar-refractivity contribution in [3.63, 3.8) is 0 Å². The molecule has 1 amide bonds. The fourth-order valence-electron chi connectivity index (χ4n) is 1.25. The van der Waals surface area contributed by atoms with E-state index in [0.29, 0.717) is 6.42 Å². The van der Waals surface area contributed by atoms with E-state index in [4.69, 9.17) is 5.84 Å². The van der Waals surface area contributed by atoms with Crippen LogP contribution in [0.5, 0.6) is 0 Å². The molecule has 0 saturated heterocycles. The second-order valence-electron chi connectivity index (χ2n) is 3.61. The summed E-state index contributed by atoms with van der Waals surface area (Å²) in [7, 11) is 0. The van der Waals surface area contributed by atoms with Crippen molar-refractivity contribution in [1.29, 1.82) is 0 Å². The average Bonchev–Trinajstić information content (AvgIpc) is 2.30. The maximum atomic E-state index is 13.3. The number of benzene rings is 1. The predicted molar refractivity (Wildman–Crippen MR) is 63.2 cm³/mol. The maximum Gasteiger partial charge on any atom is 0.233 e. The molecule has 3 nitrogen and oxygen atoms in total. The highest BCUT2D eigenvalue weighted by molar-refractivity contribution is 8.00. The molecule has 0 aliphatic carbocycles. The first kappa shape index (κ1) is 13.9. The maximum absolute atomic E-state index is 13.3. The van der Waals surface area contributed by atoms with Gasteiger partial charge in [-0.1, -0.05) is 6.92 Å². The van der Waals surface area contributed by atoms with Crippen molar-refractivity contribution in [3.05, 3.63) is 29.8 Å². The van der Waals surface area contributed by atoms with Crippen molar-refractivity contribution < 1.29 is 13.6 Å². The molecule has 6 heteroatoms. The highest BCUT2D eigenvalue weighted by Crippen LogP contribution is 2.28. The smallest absolute Gasteiger partial charge is 0.233 e. The largest absolute Gasteiger partial charge is 0.294 e. The van der Waals surface area contributed by atoms with Gasteiger partial charge in [-0.3, -0.25) is 10.2 Å². The zero-order valence-corrected chi connectivity index (χ0v) is 10.2. The van der Waals surface area contributed by atoms with Crippen molar-refractivity contribution in [3.8, 4) is 0 Å². The molecular weight excluding hydrogens is 246 g/mol. The number of hydrazine groups is 1. The third kappa shape index (κ3) is 4.70. The molecule has 17 heavy (non-hydrogen) atoms. The van der Waals surface area contributed by atoms with E-state index in [9.17, 15) is 13.6 Å². The van der Waals surface area contributed by atoms with Gasteiger partial charge in [0.15, 0.2) is 0 Å². The number of halogens is 2. The first-order chi connectivity index (χ1) is 8.02. The molecule has 0 spiro atoms. The Kier molecular flexibility index (Phi) is 5.37. The van der Waals surface area contributed by atoms with Crippen LogP contribution in [-0.2, 0) is 4.79 Å². The molecule has 0 radical (unpaired) electrons. The van der Waals surface area contributed by atoms with Crippen LogP contribution >= 0.6 is 11.8 Å². The van der Waals surface area contributed by atoms with Gasteiger partial charge in [-0.05, 0) is 24.6 Å². The SMILES string of the molecule is CC(CCC(=O)NN)Sc1cc(F)ccc1F. The van der Waals surface area contributed by atoms with E-state index in [1.54, 1.807) is 0 Å². The van der Waals surface area contributed by atoms with E-state index in [-0.39, 0.29) is 22.5 Å². The van der Waals surface area contributed by atoms with Gasteiger partial charge in [0.1, 0.15) is 11.6 Å². The lowest BCUT2D eigenvalue weighted by Gasteiger charge is -2.11. The van der Waals surface area contributed by atoms with Crippen LogP contribution in [0.4, 0.5) is 8.78 Å². The Labute approximate surface area is 103 Å². The molecule has 1 aromatic carbocycles. The lowest BCUT2D eigenvalue weighted by Crippen LogP contribution is -2.30. The predicted octanol–water partition coefficient (Wildman–Crippen LogP) is 2.22. The van der Waals surface area contributed by atoms with Crippen LogP contribution in [-0.4, -0.2) is 11.2 Å². The molecule has 3 N–H and O–H groups in total. The monoisotopic (exact) mass is 260 g/mol. The van der Waals surface area contributed by atoms with Gasteiger partial charge >= 0.3 is 0 Å². The molecule has 0 aliphatic heterocycles. The minimum atomic E-state index is -0.471. The Morgan fingerprint density at radius 3 is 2.88 bits per heavy atom. The molecular formula is C11H14F2N2OS. The molecule has 0 aromatic heterocycles. The summed E-state index contributed by atoms with van der Waals surface area (Å²) in [5, 5.41) is 0.00333. The van der Waals surface area contributed by atoms with Crippen LogP contribution in [0.25, 0.3) is 0 Å². The number of carbonyl (C=O) groups excluding carboxylic acids is 1. The number of thioether (sulfide) groups is 1. The summed E-state index contributed by atoms with van der Waals surface area (Å²) in [5.41, 5.74) is 2.02. The van der Waals surface area contributed by atoms with Gasteiger partial charge in [-0.2, -0.15) is 0 Å². The molecule has 0 heterocycles. The molecule has 0 fully saturated rings. The minimum absolute atomic E-state index is 0.00333. The van der Waals surface area contributed by atoms with Gasteiger partial charge in [0.05, 0.1) is 0 Å². The number of rotatable bonds is 5. The van der Waals surface area contributed by atoms with E-state index < -0.39 is 11.6 Å². The highest BCUT2D eigenvalue weighted by atomic mass is 32.2.